The molecule has 114 valence electrons. The Morgan fingerprint density at radius 1 is 1.18 bits per heavy atom. The van der Waals surface area contributed by atoms with Crippen molar-refractivity contribution in [3.63, 3.8) is 0 Å². The van der Waals surface area contributed by atoms with Gasteiger partial charge >= 0.3 is 0 Å². The third kappa shape index (κ3) is 1.70. The van der Waals surface area contributed by atoms with E-state index in [0.717, 1.165) is 24.5 Å². The smallest absolute Gasteiger partial charge is 0.131 e. The monoisotopic (exact) mass is 294 g/mol. The van der Waals surface area contributed by atoms with Crippen molar-refractivity contribution in [3.05, 3.63) is 36.0 Å². The summed E-state index contributed by atoms with van der Waals surface area (Å²) >= 11 is 0. The number of hydrogen-bond donors (Lipinski definition) is 2. The van der Waals surface area contributed by atoms with Gasteiger partial charge < -0.3 is 15.2 Å². The van der Waals surface area contributed by atoms with E-state index in [1.807, 2.05) is 0 Å². The summed E-state index contributed by atoms with van der Waals surface area (Å²) in [6.45, 7) is 0.933. The van der Waals surface area contributed by atoms with E-state index >= 15 is 0 Å². The zero-order valence-corrected chi connectivity index (χ0v) is 13.0. The highest BCUT2D eigenvalue weighted by Crippen LogP contribution is 2.41. The van der Waals surface area contributed by atoms with Crippen LogP contribution in [-0.4, -0.2) is 46.9 Å². The largest absolute Gasteiger partial charge is 0.362 e. The first kappa shape index (κ1) is 12.7. The third-order valence-electron chi connectivity index (χ3n) is 6.01. The lowest BCUT2D eigenvalue weighted by molar-refractivity contribution is 0.111. The second-order valence-corrected chi connectivity index (χ2v) is 7.28. The van der Waals surface area contributed by atoms with Crippen molar-refractivity contribution in [3.8, 4) is 0 Å². The minimum Gasteiger partial charge on any atom is -0.362 e. The van der Waals surface area contributed by atoms with E-state index < -0.39 is 0 Å². The number of piperidine rings is 1. The molecule has 2 aromatic rings. The number of H-pyrrole nitrogens is 1. The molecule has 1 aromatic heterocycles. The van der Waals surface area contributed by atoms with Crippen LogP contribution in [0.4, 0.5) is 0 Å². The van der Waals surface area contributed by atoms with E-state index in [-0.39, 0.29) is 5.54 Å². The number of amidine groups is 1. The first-order valence-corrected chi connectivity index (χ1v) is 8.35. The standard InChI is InChI=1S/C18H22N4/c1-22-12-6-7-13(22)9-18(8-12)11-20-17(21-18)15-10-19-16-5-3-2-4-14(15)16/h2-5,10,12-13,19H,6-9,11H2,1H3,(H,20,21). The van der Waals surface area contributed by atoms with Gasteiger partial charge in [0.1, 0.15) is 5.84 Å². The van der Waals surface area contributed by atoms with E-state index in [1.54, 1.807) is 0 Å². The van der Waals surface area contributed by atoms with Crippen LogP contribution in [-0.2, 0) is 0 Å². The Bertz CT molecular complexity index is 745. The van der Waals surface area contributed by atoms with Gasteiger partial charge in [-0.3, -0.25) is 4.99 Å². The van der Waals surface area contributed by atoms with E-state index in [2.05, 4.69) is 52.7 Å². The first-order valence-electron chi connectivity index (χ1n) is 8.35. The Morgan fingerprint density at radius 3 is 2.77 bits per heavy atom. The number of benzene rings is 1. The third-order valence-corrected chi connectivity index (χ3v) is 6.01. The van der Waals surface area contributed by atoms with Gasteiger partial charge in [0.15, 0.2) is 0 Å². The number of hydrogen-bond acceptors (Lipinski definition) is 3. The quantitative estimate of drug-likeness (QED) is 0.849. The summed E-state index contributed by atoms with van der Waals surface area (Å²) in [5.74, 6) is 1.08. The van der Waals surface area contributed by atoms with Crippen molar-refractivity contribution in [1.29, 1.82) is 0 Å². The summed E-state index contributed by atoms with van der Waals surface area (Å²) in [4.78, 5) is 10.9. The molecular formula is C18H22N4. The van der Waals surface area contributed by atoms with Crippen LogP contribution in [0.1, 0.15) is 31.2 Å². The van der Waals surface area contributed by atoms with E-state index in [0.29, 0.717) is 0 Å². The Hall–Kier alpha value is -1.81. The molecule has 3 aliphatic heterocycles. The topological polar surface area (TPSA) is 43.4 Å². The fourth-order valence-electron chi connectivity index (χ4n) is 4.78. The summed E-state index contributed by atoms with van der Waals surface area (Å²) in [6, 6.07) is 9.95. The van der Waals surface area contributed by atoms with Crippen LogP contribution in [0.2, 0.25) is 0 Å². The molecule has 0 aliphatic carbocycles. The molecular weight excluding hydrogens is 272 g/mol. The van der Waals surface area contributed by atoms with Crippen LogP contribution in [0.25, 0.3) is 10.9 Å². The number of para-hydroxylation sites is 1. The molecule has 2 bridgehead atoms. The number of aromatic nitrogens is 1. The van der Waals surface area contributed by atoms with Crippen molar-refractivity contribution in [2.24, 2.45) is 4.99 Å². The van der Waals surface area contributed by atoms with Gasteiger partial charge in [0.05, 0.1) is 12.1 Å². The van der Waals surface area contributed by atoms with Crippen LogP contribution in [0.15, 0.2) is 35.5 Å². The summed E-state index contributed by atoms with van der Waals surface area (Å²) in [5.41, 5.74) is 2.61. The second-order valence-electron chi connectivity index (χ2n) is 7.28. The van der Waals surface area contributed by atoms with Gasteiger partial charge in [0.25, 0.3) is 0 Å². The van der Waals surface area contributed by atoms with E-state index in [1.165, 1.54) is 42.1 Å². The van der Waals surface area contributed by atoms with Crippen LogP contribution < -0.4 is 5.32 Å². The highest BCUT2D eigenvalue weighted by atomic mass is 15.2. The summed E-state index contributed by atoms with van der Waals surface area (Å²) in [6.07, 6.45) is 7.27. The molecule has 0 radical (unpaired) electrons. The van der Waals surface area contributed by atoms with Gasteiger partial charge in [-0.25, -0.2) is 0 Å². The Balaban J connectivity index is 1.45. The summed E-state index contributed by atoms with van der Waals surface area (Å²) in [5, 5.41) is 5.09. The maximum Gasteiger partial charge on any atom is 0.131 e. The lowest BCUT2D eigenvalue weighted by Gasteiger charge is -2.43. The lowest BCUT2D eigenvalue weighted by atomic mass is 9.83. The highest BCUT2D eigenvalue weighted by Gasteiger charge is 2.49. The highest BCUT2D eigenvalue weighted by molar-refractivity contribution is 6.10. The normalized spacial score (nSPS) is 34.3. The maximum absolute atomic E-state index is 4.89. The molecule has 4 heteroatoms. The van der Waals surface area contributed by atoms with Gasteiger partial charge in [0, 0.05) is 34.7 Å². The molecule has 2 unspecified atom stereocenters. The van der Waals surface area contributed by atoms with Gasteiger partial charge in [-0.05, 0) is 38.8 Å². The molecule has 5 rings (SSSR count). The average Bonchev–Trinajstić information content (AvgIpc) is 3.17. The summed E-state index contributed by atoms with van der Waals surface area (Å²) in [7, 11) is 2.30. The Kier molecular flexibility index (Phi) is 2.51. The molecule has 1 spiro atoms. The molecule has 4 heterocycles. The number of fused-ring (bicyclic) bond motifs is 3. The number of nitrogens with one attached hydrogen (secondary N) is 2. The fraction of sp³-hybridized carbons (Fsp3) is 0.500. The first-order chi connectivity index (χ1) is 10.7. The zero-order chi connectivity index (χ0) is 14.7. The van der Waals surface area contributed by atoms with Crippen molar-refractivity contribution in [2.75, 3.05) is 13.6 Å². The molecule has 4 nitrogen and oxygen atoms in total. The minimum absolute atomic E-state index is 0.200. The molecule has 2 saturated heterocycles. The van der Waals surface area contributed by atoms with Crippen LogP contribution in [0.3, 0.4) is 0 Å². The Labute approximate surface area is 130 Å². The van der Waals surface area contributed by atoms with Crippen LogP contribution >= 0.6 is 0 Å². The molecule has 0 saturated carbocycles. The van der Waals surface area contributed by atoms with Crippen molar-refractivity contribution >= 4 is 16.7 Å². The van der Waals surface area contributed by atoms with Gasteiger partial charge in [-0.2, -0.15) is 0 Å². The number of nitrogens with zero attached hydrogens (tertiary/aromatic N) is 2. The van der Waals surface area contributed by atoms with Gasteiger partial charge in [-0.1, -0.05) is 18.2 Å². The summed E-state index contributed by atoms with van der Waals surface area (Å²) < 4.78 is 0. The van der Waals surface area contributed by atoms with Crippen molar-refractivity contribution < 1.29 is 0 Å². The van der Waals surface area contributed by atoms with Crippen molar-refractivity contribution in [1.82, 2.24) is 15.2 Å². The number of rotatable bonds is 1. The SMILES string of the molecule is CN1C2CCC1CC1(CN=C(c3c[nH]c4ccccc34)N1)C2. The van der Waals surface area contributed by atoms with Crippen LogP contribution in [0, 0.1) is 0 Å². The molecule has 1 aromatic carbocycles. The molecule has 2 fully saturated rings. The maximum atomic E-state index is 4.89. The molecule has 3 aliphatic rings. The van der Waals surface area contributed by atoms with E-state index in [9.17, 15) is 0 Å². The average molecular weight is 294 g/mol. The molecule has 2 atom stereocenters. The number of aliphatic imine (C=N–C) groups is 1. The van der Waals surface area contributed by atoms with E-state index in [4.69, 9.17) is 4.99 Å². The predicted octanol–water partition coefficient (Wildman–Crippen LogP) is 2.51. The minimum atomic E-state index is 0.200. The second kappa shape index (κ2) is 4.35. The Morgan fingerprint density at radius 2 is 1.95 bits per heavy atom. The predicted molar refractivity (Wildman–Crippen MR) is 89.4 cm³/mol. The lowest BCUT2D eigenvalue weighted by Crippen LogP contribution is -2.57. The molecule has 22 heavy (non-hydrogen) atoms. The molecule has 2 N–H and O–H groups in total. The fourth-order valence-corrected chi connectivity index (χ4v) is 4.78. The van der Waals surface area contributed by atoms with Gasteiger partial charge in [0.2, 0.25) is 0 Å². The molecule has 0 amide bonds. The van der Waals surface area contributed by atoms with Crippen LogP contribution in [0.5, 0.6) is 0 Å². The number of aromatic amines is 1. The van der Waals surface area contributed by atoms with Gasteiger partial charge in [-0.15, -0.1) is 0 Å². The van der Waals surface area contributed by atoms with Crippen molar-refractivity contribution in [2.45, 2.75) is 43.3 Å². The zero-order valence-electron chi connectivity index (χ0n) is 13.0.